The Labute approximate surface area is 207 Å². The van der Waals surface area contributed by atoms with Crippen molar-refractivity contribution in [2.45, 2.75) is 94.7 Å². The minimum Gasteiger partial charge on any atom is -0.495 e. The number of anilines is 1. The van der Waals surface area contributed by atoms with E-state index in [-0.39, 0.29) is 10.9 Å². The second kappa shape index (κ2) is 10.9. The molecule has 188 valence electrons. The molecule has 1 aromatic heterocycles. The first-order valence-corrected chi connectivity index (χ1v) is 14.7. The van der Waals surface area contributed by atoms with Crippen LogP contribution in [0.25, 0.3) is 10.4 Å². The number of methoxy groups -OCH3 is 1. The van der Waals surface area contributed by atoms with Crippen LogP contribution in [0.5, 0.6) is 5.75 Å². The Hall–Kier alpha value is -1.68. The molecule has 4 rings (SSSR count). The van der Waals surface area contributed by atoms with E-state index in [0.29, 0.717) is 24.1 Å². The number of sulfonamides is 1. The van der Waals surface area contributed by atoms with Gasteiger partial charge in [-0.1, -0.05) is 30.6 Å². The van der Waals surface area contributed by atoms with Gasteiger partial charge in [-0.25, -0.2) is 18.1 Å². The van der Waals surface area contributed by atoms with Gasteiger partial charge in [-0.2, -0.15) is 0 Å². The summed E-state index contributed by atoms with van der Waals surface area (Å²) >= 11 is 1.56. The fourth-order valence-corrected chi connectivity index (χ4v) is 7.79. The zero-order chi connectivity index (χ0) is 24.3. The van der Waals surface area contributed by atoms with Gasteiger partial charge in [-0.3, -0.25) is 0 Å². The van der Waals surface area contributed by atoms with E-state index in [1.165, 1.54) is 39.2 Å². The Bertz CT molecular complexity index is 1080. The van der Waals surface area contributed by atoms with Crippen molar-refractivity contribution in [3.8, 4) is 16.2 Å². The normalized spacial score (nSPS) is 22.9. The maximum atomic E-state index is 13.3. The summed E-state index contributed by atoms with van der Waals surface area (Å²) in [6, 6.07) is 5.35. The standard InChI is InChI=1S/C25H37N3O4S2/c1-16(18-8-5-4-6-9-18)26-25-27-17(2)24(33-25)19-12-13-22(32-3)23(14-19)34(30,31)28-20-10-7-11-21(29)15-20/h12-14,16,18,20-21,28-29H,4-11,15H2,1-3H3,(H,26,27)/t16-,20?,21?/m0/s1. The molecule has 0 saturated heterocycles. The number of thiazole rings is 1. The monoisotopic (exact) mass is 507 g/mol. The van der Waals surface area contributed by atoms with Crippen LogP contribution in [0, 0.1) is 12.8 Å². The first kappa shape index (κ1) is 25.4. The van der Waals surface area contributed by atoms with Crippen LogP contribution in [-0.2, 0) is 10.0 Å². The summed E-state index contributed by atoms with van der Waals surface area (Å²) in [6.07, 6.45) is 8.68. The van der Waals surface area contributed by atoms with E-state index >= 15 is 0 Å². The average molecular weight is 508 g/mol. The fourth-order valence-electron chi connectivity index (χ4n) is 5.25. The van der Waals surface area contributed by atoms with Gasteiger partial charge in [0.25, 0.3) is 0 Å². The van der Waals surface area contributed by atoms with Gasteiger partial charge >= 0.3 is 0 Å². The molecule has 2 aliphatic rings. The number of aliphatic hydroxyl groups excluding tert-OH is 1. The van der Waals surface area contributed by atoms with Crippen LogP contribution in [0.2, 0.25) is 0 Å². The quantitative estimate of drug-likeness (QED) is 0.460. The van der Waals surface area contributed by atoms with Crippen molar-refractivity contribution in [1.29, 1.82) is 0 Å². The van der Waals surface area contributed by atoms with Crippen molar-refractivity contribution in [3.05, 3.63) is 23.9 Å². The molecule has 0 aliphatic heterocycles. The Kier molecular flexibility index (Phi) is 8.17. The lowest BCUT2D eigenvalue weighted by atomic mass is 9.85. The highest BCUT2D eigenvalue weighted by atomic mass is 32.2. The van der Waals surface area contributed by atoms with Gasteiger partial charge in [-0.15, -0.1) is 0 Å². The summed E-state index contributed by atoms with van der Waals surface area (Å²) in [4.78, 5) is 5.81. The molecule has 2 unspecified atom stereocenters. The van der Waals surface area contributed by atoms with Crippen molar-refractivity contribution in [2.75, 3.05) is 12.4 Å². The molecule has 34 heavy (non-hydrogen) atoms. The molecular weight excluding hydrogens is 470 g/mol. The van der Waals surface area contributed by atoms with E-state index in [9.17, 15) is 13.5 Å². The van der Waals surface area contributed by atoms with Crippen molar-refractivity contribution in [2.24, 2.45) is 5.92 Å². The number of hydrogen-bond acceptors (Lipinski definition) is 7. The molecule has 1 aromatic carbocycles. The predicted octanol–water partition coefficient (Wildman–Crippen LogP) is 5.09. The topological polar surface area (TPSA) is 101 Å². The maximum Gasteiger partial charge on any atom is 0.244 e. The maximum absolute atomic E-state index is 13.3. The Balaban J connectivity index is 1.56. The first-order chi connectivity index (χ1) is 16.3. The lowest BCUT2D eigenvalue weighted by Gasteiger charge is -2.28. The molecule has 2 fully saturated rings. The number of benzene rings is 1. The number of nitrogens with zero attached hydrogens (tertiary/aromatic N) is 1. The summed E-state index contributed by atoms with van der Waals surface area (Å²) < 4.78 is 34.7. The Morgan fingerprint density at radius 1 is 1.15 bits per heavy atom. The number of hydrogen-bond donors (Lipinski definition) is 3. The van der Waals surface area contributed by atoms with E-state index in [0.717, 1.165) is 40.5 Å². The molecule has 0 amide bonds. The van der Waals surface area contributed by atoms with Crippen LogP contribution in [-0.4, -0.2) is 43.8 Å². The first-order valence-electron chi connectivity index (χ1n) is 12.4. The van der Waals surface area contributed by atoms with Crippen LogP contribution < -0.4 is 14.8 Å². The van der Waals surface area contributed by atoms with Crippen molar-refractivity contribution in [3.63, 3.8) is 0 Å². The zero-order valence-electron chi connectivity index (χ0n) is 20.3. The lowest BCUT2D eigenvalue weighted by molar-refractivity contribution is 0.117. The average Bonchev–Trinajstić information content (AvgIpc) is 3.18. The molecule has 0 bridgehead atoms. The molecule has 2 aliphatic carbocycles. The van der Waals surface area contributed by atoms with Crippen LogP contribution in [0.15, 0.2) is 23.1 Å². The lowest BCUT2D eigenvalue weighted by Crippen LogP contribution is -2.39. The zero-order valence-corrected chi connectivity index (χ0v) is 22.0. The number of nitrogens with one attached hydrogen (secondary N) is 2. The molecule has 0 radical (unpaired) electrons. The number of aromatic nitrogens is 1. The van der Waals surface area contributed by atoms with E-state index in [4.69, 9.17) is 9.72 Å². The second-order valence-corrected chi connectivity index (χ2v) is 12.5. The molecule has 3 atom stereocenters. The highest BCUT2D eigenvalue weighted by Crippen LogP contribution is 2.38. The summed E-state index contributed by atoms with van der Waals surface area (Å²) in [5, 5.41) is 14.4. The third kappa shape index (κ3) is 5.93. The number of ether oxygens (including phenoxy) is 1. The fraction of sp³-hybridized carbons (Fsp3) is 0.640. The van der Waals surface area contributed by atoms with E-state index in [2.05, 4.69) is 17.0 Å². The largest absolute Gasteiger partial charge is 0.495 e. The SMILES string of the molecule is COc1ccc(-c2sc(N[C@@H](C)C3CCCCC3)nc2C)cc1S(=O)(=O)NC1CCCC(O)C1. The van der Waals surface area contributed by atoms with E-state index < -0.39 is 16.1 Å². The molecule has 9 heteroatoms. The number of aryl methyl sites for hydroxylation is 1. The van der Waals surface area contributed by atoms with Gasteiger partial charge in [0.2, 0.25) is 10.0 Å². The van der Waals surface area contributed by atoms with Gasteiger partial charge < -0.3 is 15.2 Å². The Morgan fingerprint density at radius 2 is 1.91 bits per heavy atom. The molecule has 2 saturated carbocycles. The van der Waals surface area contributed by atoms with Gasteiger partial charge in [0.05, 0.1) is 23.8 Å². The number of rotatable bonds is 8. The van der Waals surface area contributed by atoms with Gasteiger partial charge in [0.1, 0.15) is 10.6 Å². The smallest absolute Gasteiger partial charge is 0.244 e. The third-order valence-corrected chi connectivity index (χ3v) is 9.87. The Morgan fingerprint density at radius 3 is 2.62 bits per heavy atom. The molecular formula is C25H37N3O4S2. The molecule has 1 heterocycles. The van der Waals surface area contributed by atoms with E-state index in [1.54, 1.807) is 23.5 Å². The van der Waals surface area contributed by atoms with Crippen molar-refractivity contribution in [1.82, 2.24) is 9.71 Å². The summed E-state index contributed by atoms with van der Waals surface area (Å²) in [6.45, 7) is 4.20. The predicted molar refractivity (Wildman–Crippen MR) is 137 cm³/mol. The second-order valence-electron chi connectivity index (χ2n) is 9.77. The molecule has 3 N–H and O–H groups in total. The van der Waals surface area contributed by atoms with Gasteiger partial charge in [-0.05, 0) is 82.1 Å². The summed E-state index contributed by atoms with van der Waals surface area (Å²) in [7, 11) is -2.34. The van der Waals surface area contributed by atoms with Crippen LogP contribution in [0.4, 0.5) is 5.13 Å². The van der Waals surface area contributed by atoms with Gasteiger partial charge in [0, 0.05) is 12.1 Å². The minimum absolute atomic E-state index is 0.116. The molecule has 7 nitrogen and oxygen atoms in total. The van der Waals surface area contributed by atoms with Crippen LogP contribution in [0.1, 0.15) is 70.4 Å². The highest BCUT2D eigenvalue weighted by molar-refractivity contribution is 7.89. The summed E-state index contributed by atoms with van der Waals surface area (Å²) in [5.41, 5.74) is 1.68. The highest BCUT2D eigenvalue weighted by Gasteiger charge is 2.28. The van der Waals surface area contributed by atoms with Crippen LogP contribution in [0.3, 0.4) is 0 Å². The molecule has 0 spiro atoms. The molecule has 2 aromatic rings. The van der Waals surface area contributed by atoms with Crippen LogP contribution >= 0.6 is 11.3 Å². The summed E-state index contributed by atoms with van der Waals surface area (Å²) in [5.74, 6) is 0.975. The minimum atomic E-state index is -3.81. The van der Waals surface area contributed by atoms with Crippen molar-refractivity contribution >= 4 is 26.5 Å². The van der Waals surface area contributed by atoms with Gasteiger partial charge in [0.15, 0.2) is 5.13 Å². The van der Waals surface area contributed by atoms with Crippen molar-refractivity contribution < 1.29 is 18.3 Å². The number of aliphatic hydroxyl groups is 1. The van der Waals surface area contributed by atoms with E-state index in [1.807, 2.05) is 13.0 Å². The third-order valence-electron chi connectivity index (χ3n) is 7.19.